The Balaban J connectivity index is 1.37. The molecule has 3 aromatic heterocycles. The Hall–Kier alpha value is -5.10. The van der Waals surface area contributed by atoms with Gasteiger partial charge in [0.2, 0.25) is 0 Å². The molecule has 9 rings (SSSR count). The molecule has 0 atom stereocenters. The van der Waals surface area contributed by atoms with Gasteiger partial charge in [-0.05, 0) is 47.2 Å². The molecule has 0 radical (unpaired) electrons. The monoisotopic (exact) mass is 589 g/mol. The van der Waals surface area contributed by atoms with Crippen LogP contribution in [0.2, 0.25) is 5.02 Å². The molecule has 0 aliphatic rings. The predicted molar refractivity (Wildman–Crippen MR) is 179 cm³/mol. The molecule has 0 saturated heterocycles. The maximum Gasteiger partial charge on any atom is 0.164 e. The summed E-state index contributed by atoms with van der Waals surface area (Å²) in [6, 6.07) is 41.1. The Morgan fingerprint density at radius 3 is 2.05 bits per heavy atom. The Morgan fingerprint density at radius 1 is 0.488 bits per heavy atom. The van der Waals surface area contributed by atoms with Crippen molar-refractivity contribution in [2.45, 2.75) is 0 Å². The Bertz CT molecular complexity index is 2530. The minimum absolute atomic E-state index is 0.594. The van der Waals surface area contributed by atoms with Gasteiger partial charge in [0.05, 0.1) is 0 Å². The van der Waals surface area contributed by atoms with E-state index in [1.165, 1.54) is 14.8 Å². The SMILES string of the molecule is Clc1ccc2oc3cc(-c4nc(-c5ccccc5)nc(-c5cccc6sc7ccccc7c56)n4)c4ccccc4c3c2c1. The molecule has 3 heterocycles. The van der Waals surface area contributed by atoms with Crippen LogP contribution in [-0.4, -0.2) is 15.0 Å². The van der Waals surface area contributed by atoms with Crippen LogP contribution in [0.15, 0.2) is 126 Å². The van der Waals surface area contributed by atoms with Crippen molar-refractivity contribution >= 4 is 75.8 Å². The third kappa shape index (κ3) is 3.86. The normalized spacial score (nSPS) is 11.8. The van der Waals surface area contributed by atoms with Crippen molar-refractivity contribution < 1.29 is 4.42 Å². The molecule has 202 valence electrons. The highest BCUT2D eigenvalue weighted by molar-refractivity contribution is 7.25. The number of furan rings is 1. The largest absolute Gasteiger partial charge is 0.456 e. The summed E-state index contributed by atoms with van der Waals surface area (Å²) in [4.78, 5) is 15.3. The molecule has 0 N–H and O–H groups in total. The third-order valence-electron chi connectivity index (χ3n) is 7.99. The zero-order valence-electron chi connectivity index (χ0n) is 22.6. The molecule has 9 aromatic rings. The van der Waals surface area contributed by atoms with E-state index in [9.17, 15) is 0 Å². The van der Waals surface area contributed by atoms with Gasteiger partial charge in [0.25, 0.3) is 0 Å². The summed E-state index contributed by atoms with van der Waals surface area (Å²) in [7, 11) is 0. The zero-order valence-corrected chi connectivity index (χ0v) is 24.2. The van der Waals surface area contributed by atoms with Gasteiger partial charge in [0.15, 0.2) is 17.5 Å². The van der Waals surface area contributed by atoms with Gasteiger partial charge in [-0.1, -0.05) is 96.5 Å². The molecule has 0 aliphatic heterocycles. The van der Waals surface area contributed by atoms with Gasteiger partial charge in [-0.3, -0.25) is 0 Å². The lowest BCUT2D eigenvalue weighted by Crippen LogP contribution is -2.01. The average Bonchev–Trinajstić information content (AvgIpc) is 3.62. The van der Waals surface area contributed by atoms with E-state index in [1.807, 2.05) is 60.7 Å². The maximum absolute atomic E-state index is 6.41. The lowest BCUT2D eigenvalue weighted by atomic mass is 9.98. The Labute approximate surface area is 254 Å². The van der Waals surface area contributed by atoms with E-state index in [0.29, 0.717) is 22.5 Å². The second-order valence-corrected chi connectivity index (χ2v) is 12.1. The number of benzene rings is 6. The summed E-state index contributed by atoms with van der Waals surface area (Å²) in [5, 5.41) is 7.15. The van der Waals surface area contributed by atoms with Crippen molar-refractivity contribution in [1.29, 1.82) is 0 Å². The van der Waals surface area contributed by atoms with E-state index < -0.39 is 0 Å². The second-order valence-electron chi connectivity index (χ2n) is 10.5. The van der Waals surface area contributed by atoms with E-state index in [4.69, 9.17) is 31.0 Å². The maximum atomic E-state index is 6.41. The lowest BCUT2D eigenvalue weighted by molar-refractivity contribution is 0.669. The molecule has 6 aromatic carbocycles. The van der Waals surface area contributed by atoms with Crippen LogP contribution in [0.5, 0.6) is 0 Å². The smallest absolute Gasteiger partial charge is 0.164 e. The van der Waals surface area contributed by atoms with Crippen molar-refractivity contribution in [3.63, 3.8) is 0 Å². The number of fused-ring (bicyclic) bond motifs is 8. The van der Waals surface area contributed by atoms with Gasteiger partial charge >= 0.3 is 0 Å². The highest BCUT2D eigenvalue weighted by atomic mass is 35.5. The van der Waals surface area contributed by atoms with Crippen LogP contribution in [0, 0.1) is 0 Å². The molecule has 0 aliphatic carbocycles. The molecule has 0 unspecified atom stereocenters. The molecular weight excluding hydrogens is 570 g/mol. The number of halogens is 1. The molecule has 4 nitrogen and oxygen atoms in total. The minimum Gasteiger partial charge on any atom is -0.456 e. The first-order chi connectivity index (χ1) is 21.2. The van der Waals surface area contributed by atoms with E-state index in [2.05, 4.69) is 60.7 Å². The fourth-order valence-corrected chi connectivity index (χ4v) is 7.40. The number of rotatable bonds is 3. The van der Waals surface area contributed by atoms with E-state index in [1.54, 1.807) is 11.3 Å². The quantitative estimate of drug-likeness (QED) is 0.206. The van der Waals surface area contributed by atoms with Crippen molar-refractivity contribution in [3.8, 4) is 34.2 Å². The minimum atomic E-state index is 0.594. The van der Waals surface area contributed by atoms with Gasteiger partial charge in [0.1, 0.15) is 11.2 Å². The van der Waals surface area contributed by atoms with Crippen molar-refractivity contribution in [2.75, 3.05) is 0 Å². The van der Waals surface area contributed by atoms with Gasteiger partial charge < -0.3 is 4.42 Å². The van der Waals surface area contributed by atoms with Crippen LogP contribution in [0.3, 0.4) is 0 Å². The number of hydrogen-bond donors (Lipinski definition) is 0. The van der Waals surface area contributed by atoms with E-state index in [0.717, 1.165) is 54.8 Å². The molecule has 0 bridgehead atoms. The van der Waals surface area contributed by atoms with Crippen LogP contribution >= 0.6 is 22.9 Å². The van der Waals surface area contributed by atoms with Crippen LogP contribution in [0.25, 0.3) is 87.0 Å². The number of thiophene rings is 1. The number of nitrogens with zero attached hydrogens (tertiary/aromatic N) is 3. The predicted octanol–water partition coefficient (Wildman–Crippen LogP) is 10.9. The average molecular weight is 590 g/mol. The fraction of sp³-hybridized carbons (Fsp3) is 0. The second kappa shape index (κ2) is 9.46. The van der Waals surface area contributed by atoms with Gasteiger partial charge in [0, 0.05) is 52.7 Å². The van der Waals surface area contributed by atoms with Crippen LogP contribution < -0.4 is 0 Å². The molecular formula is C37H20ClN3OS. The summed E-state index contributed by atoms with van der Waals surface area (Å²) >= 11 is 8.19. The first kappa shape index (κ1) is 24.5. The Morgan fingerprint density at radius 2 is 1.19 bits per heavy atom. The standard InChI is InChI=1S/C37H20ClN3OS/c38-22-17-18-29-28(19-22)33-24-12-5-4-11-23(24)27(20-30(33)42-29)37-40-35(21-9-2-1-3-10-21)39-36(41-37)26-14-8-16-32-34(26)25-13-6-7-15-31(25)43-32/h1-20H. The molecule has 0 spiro atoms. The summed E-state index contributed by atoms with van der Waals surface area (Å²) in [6.45, 7) is 0. The highest BCUT2D eigenvalue weighted by Crippen LogP contribution is 2.42. The summed E-state index contributed by atoms with van der Waals surface area (Å²) in [5.41, 5.74) is 4.36. The third-order valence-corrected chi connectivity index (χ3v) is 9.36. The van der Waals surface area contributed by atoms with Crippen molar-refractivity contribution in [3.05, 3.63) is 126 Å². The summed E-state index contributed by atoms with van der Waals surface area (Å²) < 4.78 is 8.82. The van der Waals surface area contributed by atoms with Crippen LogP contribution in [-0.2, 0) is 0 Å². The van der Waals surface area contributed by atoms with E-state index in [-0.39, 0.29) is 0 Å². The van der Waals surface area contributed by atoms with Gasteiger partial charge in [-0.15, -0.1) is 11.3 Å². The van der Waals surface area contributed by atoms with Crippen molar-refractivity contribution in [2.24, 2.45) is 0 Å². The molecule has 0 saturated carbocycles. The van der Waals surface area contributed by atoms with Crippen LogP contribution in [0.4, 0.5) is 0 Å². The molecule has 0 fully saturated rings. The van der Waals surface area contributed by atoms with Crippen molar-refractivity contribution in [1.82, 2.24) is 15.0 Å². The Kier molecular flexibility index (Phi) is 5.39. The number of hydrogen-bond acceptors (Lipinski definition) is 5. The van der Waals surface area contributed by atoms with Crippen LogP contribution in [0.1, 0.15) is 0 Å². The number of aromatic nitrogens is 3. The summed E-state index contributed by atoms with van der Waals surface area (Å²) in [5.74, 6) is 1.85. The highest BCUT2D eigenvalue weighted by Gasteiger charge is 2.20. The van der Waals surface area contributed by atoms with Gasteiger partial charge in [-0.25, -0.2) is 15.0 Å². The summed E-state index contributed by atoms with van der Waals surface area (Å²) in [6.07, 6.45) is 0. The molecule has 0 amide bonds. The fourth-order valence-electron chi connectivity index (χ4n) is 6.09. The first-order valence-corrected chi connectivity index (χ1v) is 15.2. The first-order valence-electron chi connectivity index (χ1n) is 14.0. The lowest BCUT2D eigenvalue weighted by Gasteiger charge is -2.11. The zero-order chi connectivity index (χ0) is 28.5. The van der Waals surface area contributed by atoms with E-state index >= 15 is 0 Å². The molecule has 43 heavy (non-hydrogen) atoms. The molecule has 6 heteroatoms. The van der Waals surface area contributed by atoms with Gasteiger partial charge in [-0.2, -0.15) is 0 Å². The topological polar surface area (TPSA) is 51.8 Å².